The van der Waals surface area contributed by atoms with Gasteiger partial charge in [0.25, 0.3) is 5.56 Å². The summed E-state index contributed by atoms with van der Waals surface area (Å²) < 4.78 is 10.7. The van der Waals surface area contributed by atoms with E-state index >= 15 is 0 Å². The van der Waals surface area contributed by atoms with Crippen molar-refractivity contribution in [3.8, 4) is 11.5 Å². The highest BCUT2D eigenvalue weighted by atomic mass is 32.2. The van der Waals surface area contributed by atoms with Gasteiger partial charge in [0.05, 0.1) is 24.8 Å². The number of carbonyl (C=O) groups excluding carboxylic acids is 1. The van der Waals surface area contributed by atoms with Crippen LogP contribution in [0.15, 0.2) is 29.1 Å². The number of nitrogens with zero attached hydrogens (tertiary/aromatic N) is 1. The van der Waals surface area contributed by atoms with Crippen LogP contribution in [0.3, 0.4) is 0 Å². The number of hydrogen-bond acceptors (Lipinski definition) is 7. The number of fused-ring (bicyclic) bond motifs is 3. The van der Waals surface area contributed by atoms with Gasteiger partial charge in [-0.1, -0.05) is 0 Å². The van der Waals surface area contributed by atoms with E-state index in [4.69, 9.17) is 9.47 Å². The van der Waals surface area contributed by atoms with E-state index in [1.54, 1.807) is 30.2 Å². The zero-order valence-corrected chi connectivity index (χ0v) is 19.0. The quantitative estimate of drug-likeness (QED) is 0.452. The Hall–Kier alpha value is -2.52. The number of H-pyrrole nitrogens is 1. The van der Waals surface area contributed by atoms with Gasteiger partial charge in [-0.3, -0.25) is 9.59 Å². The third-order valence-electron chi connectivity index (χ3n) is 5.09. The van der Waals surface area contributed by atoms with Crippen LogP contribution < -0.4 is 20.3 Å². The van der Waals surface area contributed by atoms with Crippen LogP contribution in [0.2, 0.25) is 0 Å². The normalized spacial score (nSPS) is 12.7. The van der Waals surface area contributed by atoms with E-state index in [2.05, 4.69) is 15.3 Å². The van der Waals surface area contributed by atoms with E-state index < -0.39 is 0 Å². The number of nitrogens with one attached hydrogen (secondary N) is 2. The molecule has 1 aliphatic rings. The lowest BCUT2D eigenvalue weighted by atomic mass is 10.2. The second kappa shape index (κ2) is 10.2. The Morgan fingerprint density at radius 3 is 2.87 bits per heavy atom. The lowest BCUT2D eigenvalue weighted by Gasteiger charge is -2.08. The molecule has 0 unspecified atom stereocenters. The molecule has 0 bridgehead atoms. The number of aromatic nitrogens is 2. The molecule has 0 saturated heterocycles. The number of rotatable bonds is 10. The third-order valence-corrected chi connectivity index (χ3v) is 7.24. The second-order valence-corrected chi connectivity index (χ2v) is 9.42. The molecule has 1 amide bonds. The average Bonchev–Trinajstić information content (AvgIpc) is 3.35. The number of benzene rings is 1. The van der Waals surface area contributed by atoms with E-state index in [0.29, 0.717) is 36.9 Å². The molecule has 0 radical (unpaired) electrons. The minimum absolute atomic E-state index is 0.0163. The minimum atomic E-state index is -0.0328. The zero-order valence-electron chi connectivity index (χ0n) is 17.4. The van der Waals surface area contributed by atoms with Gasteiger partial charge in [0.2, 0.25) is 5.91 Å². The predicted molar refractivity (Wildman–Crippen MR) is 125 cm³/mol. The summed E-state index contributed by atoms with van der Waals surface area (Å²) in [4.78, 5) is 34.2. The first-order valence-corrected chi connectivity index (χ1v) is 12.3. The maximum absolute atomic E-state index is 12.5. The number of carbonyl (C=O) groups is 1. The molecule has 2 aromatic heterocycles. The molecule has 3 aromatic rings. The molecular weight excluding hydrogens is 434 g/mol. The van der Waals surface area contributed by atoms with Crippen molar-refractivity contribution in [3.63, 3.8) is 0 Å². The van der Waals surface area contributed by atoms with Crippen molar-refractivity contribution in [3.05, 3.63) is 50.9 Å². The summed E-state index contributed by atoms with van der Waals surface area (Å²) in [7, 11) is 1.62. The SMILES string of the molecule is COc1ccc(OCCNC(=O)CCSCc2nc3sc4c(c3c(=O)[nH]2)CCC4)cc1. The van der Waals surface area contributed by atoms with Crippen LogP contribution in [0.25, 0.3) is 10.2 Å². The Bertz CT molecular complexity index is 1110. The minimum Gasteiger partial charge on any atom is -0.497 e. The highest BCUT2D eigenvalue weighted by Crippen LogP contribution is 2.34. The highest BCUT2D eigenvalue weighted by molar-refractivity contribution is 7.98. The number of thiophene rings is 1. The van der Waals surface area contributed by atoms with Crippen LogP contribution >= 0.6 is 23.1 Å². The van der Waals surface area contributed by atoms with Gasteiger partial charge in [-0.15, -0.1) is 11.3 Å². The maximum Gasteiger partial charge on any atom is 0.259 e. The van der Waals surface area contributed by atoms with E-state index in [1.165, 1.54) is 10.4 Å². The van der Waals surface area contributed by atoms with Gasteiger partial charge in [-0.05, 0) is 49.1 Å². The summed E-state index contributed by atoms with van der Waals surface area (Å²) in [6.07, 6.45) is 3.57. The van der Waals surface area contributed by atoms with Gasteiger partial charge in [-0.25, -0.2) is 4.98 Å². The largest absolute Gasteiger partial charge is 0.497 e. The second-order valence-electron chi connectivity index (χ2n) is 7.23. The summed E-state index contributed by atoms with van der Waals surface area (Å²) in [6, 6.07) is 7.32. The van der Waals surface area contributed by atoms with Gasteiger partial charge in [0, 0.05) is 17.1 Å². The van der Waals surface area contributed by atoms with Crippen molar-refractivity contribution >= 4 is 39.2 Å². The van der Waals surface area contributed by atoms with Gasteiger partial charge < -0.3 is 19.8 Å². The zero-order chi connectivity index (χ0) is 21.6. The number of ether oxygens (including phenoxy) is 2. The van der Waals surface area contributed by atoms with Crippen molar-refractivity contribution in [1.82, 2.24) is 15.3 Å². The molecule has 2 heterocycles. The van der Waals surface area contributed by atoms with Crippen molar-refractivity contribution in [2.24, 2.45) is 0 Å². The number of hydrogen-bond donors (Lipinski definition) is 2. The molecule has 7 nitrogen and oxygen atoms in total. The van der Waals surface area contributed by atoms with Crippen LogP contribution in [0.5, 0.6) is 11.5 Å². The third kappa shape index (κ3) is 5.40. The Morgan fingerprint density at radius 2 is 2.06 bits per heavy atom. The van der Waals surface area contributed by atoms with Crippen LogP contribution in [0, 0.1) is 0 Å². The fraction of sp³-hybridized carbons (Fsp3) is 0.409. The Balaban J connectivity index is 1.15. The van der Waals surface area contributed by atoms with Crippen LogP contribution in [-0.4, -0.2) is 41.9 Å². The van der Waals surface area contributed by atoms with E-state index in [1.807, 2.05) is 24.3 Å². The number of thioether (sulfide) groups is 1. The number of aryl methyl sites for hydroxylation is 2. The van der Waals surface area contributed by atoms with Crippen molar-refractivity contribution in [1.29, 1.82) is 0 Å². The molecular formula is C22H25N3O4S2. The molecule has 1 aromatic carbocycles. The van der Waals surface area contributed by atoms with Crippen molar-refractivity contribution < 1.29 is 14.3 Å². The van der Waals surface area contributed by atoms with Crippen molar-refractivity contribution in [2.75, 3.05) is 26.0 Å². The molecule has 0 saturated carbocycles. The molecule has 164 valence electrons. The molecule has 9 heteroatoms. The fourth-order valence-electron chi connectivity index (χ4n) is 3.57. The first kappa shape index (κ1) is 21.7. The highest BCUT2D eigenvalue weighted by Gasteiger charge is 2.21. The van der Waals surface area contributed by atoms with Gasteiger partial charge >= 0.3 is 0 Å². The molecule has 0 spiro atoms. The van der Waals surface area contributed by atoms with Crippen molar-refractivity contribution in [2.45, 2.75) is 31.4 Å². The van der Waals surface area contributed by atoms with Crippen LogP contribution in [0.4, 0.5) is 0 Å². The summed E-state index contributed by atoms with van der Waals surface area (Å²) >= 11 is 3.24. The summed E-state index contributed by atoms with van der Waals surface area (Å²) in [6.45, 7) is 0.852. The lowest BCUT2D eigenvalue weighted by Crippen LogP contribution is -2.28. The van der Waals surface area contributed by atoms with Crippen LogP contribution in [0.1, 0.15) is 29.1 Å². The summed E-state index contributed by atoms with van der Waals surface area (Å²) in [5.74, 6) is 3.42. The molecule has 0 atom stereocenters. The average molecular weight is 460 g/mol. The number of aromatic amines is 1. The molecule has 2 N–H and O–H groups in total. The Morgan fingerprint density at radius 1 is 1.26 bits per heavy atom. The smallest absolute Gasteiger partial charge is 0.259 e. The van der Waals surface area contributed by atoms with Gasteiger partial charge in [0.15, 0.2) is 0 Å². The molecule has 31 heavy (non-hydrogen) atoms. The molecule has 0 aliphatic heterocycles. The molecule has 0 fully saturated rings. The lowest BCUT2D eigenvalue weighted by molar-refractivity contribution is -0.120. The topological polar surface area (TPSA) is 93.3 Å². The Labute approximate surface area is 188 Å². The van der Waals surface area contributed by atoms with E-state index in [-0.39, 0.29) is 11.5 Å². The first-order valence-electron chi connectivity index (χ1n) is 10.3. The van der Waals surface area contributed by atoms with Gasteiger partial charge in [0.1, 0.15) is 28.8 Å². The van der Waals surface area contributed by atoms with E-state index in [9.17, 15) is 9.59 Å². The molecule has 1 aliphatic carbocycles. The predicted octanol–water partition coefficient (Wildman–Crippen LogP) is 3.30. The summed E-state index contributed by atoms with van der Waals surface area (Å²) in [5, 5.41) is 3.64. The fourth-order valence-corrected chi connectivity index (χ4v) is 5.65. The monoisotopic (exact) mass is 459 g/mol. The maximum atomic E-state index is 12.5. The van der Waals surface area contributed by atoms with E-state index in [0.717, 1.165) is 41.0 Å². The first-order chi connectivity index (χ1) is 15.1. The number of amides is 1. The van der Waals surface area contributed by atoms with Gasteiger partial charge in [-0.2, -0.15) is 11.8 Å². The Kier molecular flexibility index (Phi) is 7.14. The summed E-state index contributed by atoms with van der Waals surface area (Å²) in [5.41, 5.74) is 1.16. The molecule has 4 rings (SSSR count). The van der Waals surface area contributed by atoms with Crippen LogP contribution in [-0.2, 0) is 23.4 Å². The standard InChI is InChI=1S/C22H25N3O4S2/c1-28-14-5-7-15(8-6-14)29-11-10-23-19(26)9-12-30-13-18-24-21(27)20-16-3-2-4-17(16)31-22(20)25-18/h5-8H,2-4,9-13H2,1H3,(H,23,26)(H,24,25,27). The number of methoxy groups -OCH3 is 1.